The molecular formula is C22H27F3N6O2S2. The molecule has 1 aliphatic carbocycles. The second-order valence-electron chi connectivity index (χ2n) is 9.30. The van der Waals surface area contributed by atoms with E-state index < -0.39 is 21.8 Å². The van der Waals surface area contributed by atoms with E-state index >= 15 is 0 Å². The van der Waals surface area contributed by atoms with E-state index in [0.29, 0.717) is 41.3 Å². The number of hydrogen-bond donors (Lipinski definition) is 2. The zero-order valence-electron chi connectivity index (χ0n) is 19.1. The number of halogens is 3. The molecule has 2 aliphatic heterocycles. The van der Waals surface area contributed by atoms with Gasteiger partial charge < -0.3 is 15.3 Å². The molecule has 190 valence electrons. The summed E-state index contributed by atoms with van der Waals surface area (Å²) in [5.74, 6) is 2.33. The summed E-state index contributed by atoms with van der Waals surface area (Å²) in [6.45, 7) is 1.30. The van der Waals surface area contributed by atoms with Gasteiger partial charge in [-0.2, -0.15) is 18.2 Å². The quantitative estimate of drug-likeness (QED) is 0.544. The summed E-state index contributed by atoms with van der Waals surface area (Å²) < 4.78 is 50.5. The van der Waals surface area contributed by atoms with Crippen LogP contribution in [0.4, 0.5) is 24.9 Å². The Morgan fingerprint density at radius 1 is 1.17 bits per heavy atom. The normalized spacial score (nSPS) is 22.4. The average Bonchev–Trinajstić information content (AvgIpc) is 2.81. The highest BCUT2D eigenvalue weighted by Gasteiger charge is 2.39. The minimum Gasteiger partial charge on any atom is -0.394 e. The van der Waals surface area contributed by atoms with E-state index in [1.165, 1.54) is 12.4 Å². The number of alkyl halides is 3. The van der Waals surface area contributed by atoms with Crippen molar-refractivity contribution in [3.8, 4) is 0 Å². The molecule has 2 fully saturated rings. The molecule has 0 amide bonds. The Morgan fingerprint density at radius 2 is 1.89 bits per heavy atom. The lowest BCUT2D eigenvalue weighted by molar-refractivity contribution is -0.0328. The number of thioether (sulfide) groups is 1. The molecule has 2 aromatic heterocycles. The molecular weight excluding hydrogens is 501 g/mol. The van der Waals surface area contributed by atoms with Gasteiger partial charge in [0, 0.05) is 37.2 Å². The van der Waals surface area contributed by atoms with Gasteiger partial charge in [0.05, 0.1) is 33.5 Å². The maximum Gasteiger partial charge on any atom is 0.446 e. The van der Waals surface area contributed by atoms with Crippen LogP contribution in [0.5, 0.6) is 0 Å². The topological polar surface area (TPSA) is 104 Å². The number of anilines is 2. The fraction of sp³-hybridized carbons (Fsp3) is 0.636. The van der Waals surface area contributed by atoms with Crippen LogP contribution in [0, 0.1) is 0 Å². The number of aryl methyl sites for hydroxylation is 1. The van der Waals surface area contributed by atoms with Crippen LogP contribution in [-0.4, -0.2) is 65.7 Å². The second kappa shape index (κ2) is 9.81. The predicted octanol–water partition coefficient (Wildman–Crippen LogP) is 3.64. The van der Waals surface area contributed by atoms with Gasteiger partial charge in [0.25, 0.3) is 0 Å². The van der Waals surface area contributed by atoms with E-state index in [2.05, 4.69) is 20.2 Å². The number of aromatic nitrogens is 4. The first-order valence-electron chi connectivity index (χ1n) is 11.8. The first kappa shape index (κ1) is 24.7. The van der Waals surface area contributed by atoms with Crippen LogP contribution in [0.3, 0.4) is 0 Å². The molecule has 2 N–H and O–H groups in total. The van der Waals surface area contributed by atoms with Crippen molar-refractivity contribution in [2.45, 2.75) is 71.7 Å². The van der Waals surface area contributed by atoms with Gasteiger partial charge in [0.2, 0.25) is 5.95 Å². The Bertz CT molecular complexity index is 1080. The minimum absolute atomic E-state index is 0.000589. The number of rotatable bonds is 6. The van der Waals surface area contributed by atoms with Gasteiger partial charge in [-0.15, -0.1) is 0 Å². The number of nitrogens with zero attached hydrogens (tertiary/aromatic N) is 5. The molecule has 4 heterocycles. The summed E-state index contributed by atoms with van der Waals surface area (Å²) >= 11 is -0.216. The monoisotopic (exact) mass is 528 g/mol. The standard InChI is InChI=1S/C22H27F3N6O2S2/c23-22(24,25)34-15-11-26-18(27-12-15)14-4-8-31(9-5-14)20-28-16-3-1-10-35(33)17(16)19(29-20)30-21(13-32)6-2-7-21/h11-12,14,32H,1-10,13H2,(H,28,29,30)/t35-/m1/s1. The smallest absolute Gasteiger partial charge is 0.394 e. The van der Waals surface area contributed by atoms with Crippen molar-refractivity contribution >= 4 is 34.3 Å². The maximum absolute atomic E-state index is 12.8. The van der Waals surface area contributed by atoms with Crippen molar-refractivity contribution in [2.24, 2.45) is 0 Å². The highest BCUT2D eigenvalue weighted by atomic mass is 32.2. The highest BCUT2D eigenvalue weighted by Crippen LogP contribution is 2.39. The first-order chi connectivity index (χ1) is 16.8. The molecule has 0 unspecified atom stereocenters. The minimum atomic E-state index is -4.36. The molecule has 0 aromatic carbocycles. The molecule has 13 heteroatoms. The predicted molar refractivity (Wildman–Crippen MR) is 127 cm³/mol. The highest BCUT2D eigenvalue weighted by molar-refractivity contribution is 8.00. The zero-order valence-corrected chi connectivity index (χ0v) is 20.7. The van der Waals surface area contributed by atoms with Crippen LogP contribution >= 0.6 is 11.8 Å². The lowest BCUT2D eigenvalue weighted by Crippen LogP contribution is -2.49. The van der Waals surface area contributed by atoms with E-state index in [1.807, 2.05) is 0 Å². The molecule has 0 spiro atoms. The molecule has 1 atom stereocenters. The average molecular weight is 529 g/mol. The third kappa shape index (κ3) is 5.41. The van der Waals surface area contributed by atoms with Gasteiger partial charge in [-0.1, -0.05) is 0 Å². The maximum atomic E-state index is 12.8. The molecule has 2 aromatic rings. The summed E-state index contributed by atoms with van der Waals surface area (Å²) in [6, 6.07) is 0. The molecule has 5 rings (SSSR count). The van der Waals surface area contributed by atoms with Crippen LogP contribution in [0.15, 0.2) is 22.2 Å². The van der Waals surface area contributed by atoms with E-state index in [4.69, 9.17) is 9.97 Å². The Kier molecular flexibility index (Phi) is 6.92. The van der Waals surface area contributed by atoms with Crippen LogP contribution < -0.4 is 10.2 Å². The third-order valence-electron chi connectivity index (χ3n) is 6.92. The second-order valence-corrected chi connectivity index (χ2v) is 12.0. The molecule has 35 heavy (non-hydrogen) atoms. The summed E-state index contributed by atoms with van der Waals surface area (Å²) in [7, 11) is -1.17. The molecule has 0 bridgehead atoms. The SMILES string of the molecule is O=[S@@]1CCCc2nc(N3CCC(c4ncc(SC(F)(F)F)cn4)CC3)nc(NC3(CO)CCC3)c21. The van der Waals surface area contributed by atoms with Crippen molar-refractivity contribution in [1.29, 1.82) is 0 Å². The summed E-state index contributed by atoms with van der Waals surface area (Å²) in [5, 5.41) is 13.3. The Morgan fingerprint density at radius 3 is 2.49 bits per heavy atom. The van der Waals surface area contributed by atoms with Gasteiger partial charge in [0.15, 0.2) is 0 Å². The van der Waals surface area contributed by atoms with E-state index in [1.54, 1.807) is 0 Å². The Balaban J connectivity index is 1.31. The molecule has 8 nitrogen and oxygen atoms in total. The zero-order chi connectivity index (χ0) is 24.6. The summed E-state index contributed by atoms with van der Waals surface area (Å²) in [6.07, 6.45) is 8.17. The van der Waals surface area contributed by atoms with Crippen molar-refractivity contribution in [3.63, 3.8) is 0 Å². The largest absolute Gasteiger partial charge is 0.446 e. The van der Waals surface area contributed by atoms with Crippen LogP contribution in [0.1, 0.15) is 56.0 Å². The van der Waals surface area contributed by atoms with Crippen molar-refractivity contribution in [2.75, 3.05) is 35.7 Å². The molecule has 1 saturated heterocycles. The first-order valence-corrected chi connectivity index (χ1v) is 13.9. The van der Waals surface area contributed by atoms with Gasteiger partial charge in [-0.05, 0) is 56.7 Å². The van der Waals surface area contributed by atoms with E-state index in [0.717, 1.165) is 50.6 Å². The Hall–Kier alpha value is -1.99. The summed E-state index contributed by atoms with van der Waals surface area (Å²) in [5.41, 5.74) is -3.97. The van der Waals surface area contributed by atoms with E-state index in [9.17, 15) is 22.5 Å². The van der Waals surface area contributed by atoms with Gasteiger partial charge in [-0.25, -0.2) is 15.0 Å². The lowest BCUT2D eigenvalue weighted by Gasteiger charge is -2.42. The van der Waals surface area contributed by atoms with E-state index in [-0.39, 0.29) is 29.2 Å². The van der Waals surface area contributed by atoms with Gasteiger partial charge in [-0.3, -0.25) is 4.21 Å². The van der Waals surface area contributed by atoms with Gasteiger partial charge >= 0.3 is 5.51 Å². The fourth-order valence-corrected chi connectivity index (χ4v) is 6.64. The number of nitrogens with one attached hydrogen (secondary N) is 1. The number of aliphatic hydroxyl groups is 1. The Labute approximate surface area is 208 Å². The fourth-order valence-electron chi connectivity index (χ4n) is 4.83. The van der Waals surface area contributed by atoms with Crippen molar-refractivity contribution in [3.05, 3.63) is 23.9 Å². The lowest BCUT2D eigenvalue weighted by atomic mass is 9.77. The molecule has 0 radical (unpaired) electrons. The van der Waals surface area contributed by atoms with Crippen LogP contribution in [0.2, 0.25) is 0 Å². The molecule has 3 aliphatic rings. The third-order valence-corrected chi connectivity index (χ3v) is 9.14. The number of aliphatic hydroxyl groups excluding tert-OH is 1. The number of hydrogen-bond acceptors (Lipinski definition) is 9. The van der Waals surface area contributed by atoms with Crippen LogP contribution in [-0.2, 0) is 17.2 Å². The van der Waals surface area contributed by atoms with Gasteiger partial charge in [0.1, 0.15) is 16.5 Å². The molecule has 1 saturated carbocycles. The number of piperidine rings is 1. The van der Waals surface area contributed by atoms with Crippen molar-refractivity contribution < 1.29 is 22.5 Å². The summed E-state index contributed by atoms with van der Waals surface area (Å²) in [4.78, 5) is 20.6. The number of fused-ring (bicyclic) bond motifs is 1. The van der Waals surface area contributed by atoms with Crippen molar-refractivity contribution in [1.82, 2.24) is 19.9 Å². The van der Waals surface area contributed by atoms with Crippen LogP contribution in [0.25, 0.3) is 0 Å².